The zero-order valence-corrected chi connectivity index (χ0v) is 15.2. The monoisotopic (exact) mass is 358 g/mol. The summed E-state index contributed by atoms with van der Waals surface area (Å²) in [6.07, 6.45) is 1.80. The highest BCUT2D eigenvalue weighted by atomic mass is 32.1. The van der Waals surface area contributed by atoms with Crippen molar-refractivity contribution in [3.05, 3.63) is 40.5 Å². The maximum absolute atomic E-state index is 5.71. The number of thiophene rings is 1. The van der Waals surface area contributed by atoms with E-state index in [9.17, 15) is 0 Å². The average Bonchev–Trinajstić information content (AvgIpc) is 3.26. The molecule has 0 radical (unpaired) electrons. The van der Waals surface area contributed by atoms with Gasteiger partial charge in [-0.25, -0.2) is 4.98 Å². The van der Waals surface area contributed by atoms with Crippen molar-refractivity contribution in [3.8, 4) is 0 Å². The number of fused-ring (bicyclic) bond motifs is 1. The lowest BCUT2D eigenvalue weighted by Crippen LogP contribution is -2.44. The third-order valence-electron chi connectivity index (χ3n) is 4.44. The number of nitrogens with one attached hydrogen (secondary N) is 1. The summed E-state index contributed by atoms with van der Waals surface area (Å²) in [5.41, 5.74) is 0.927. The number of aryl methyl sites for hydroxylation is 1. The Balaban J connectivity index is 1.57. The number of rotatable bonds is 5. The first-order chi connectivity index (χ1) is 12.2. The molecule has 2 unspecified atom stereocenters. The first kappa shape index (κ1) is 16.4. The van der Waals surface area contributed by atoms with Crippen LogP contribution >= 0.6 is 11.3 Å². The number of morpholine rings is 1. The summed E-state index contributed by atoms with van der Waals surface area (Å²) in [6.45, 7) is 7.58. The quantitative estimate of drug-likeness (QED) is 0.755. The molecular weight excluding hydrogens is 336 g/mol. The van der Waals surface area contributed by atoms with E-state index in [2.05, 4.69) is 49.7 Å². The van der Waals surface area contributed by atoms with Crippen LogP contribution in [0, 0.1) is 6.92 Å². The van der Waals surface area contributed by atoms with Gasteiger partial charge in [-0.1, -0.05) is 6.07 Å². The molecule has 8 heteroatoms. The van der Waals surface area contributed by atoms with Gasteiger partial charge in [-0.3, -0.25) is 4.90 Å². The van der Waals surface area contributed by atoms with E-state index < -0.39 is 0 Å². The van der Waals surface area contributed by atoms with Crippen LogP contribution in [0.15, 0.2) is 29.9 Å². The molecule has 0 spiro atoms. The maximum Gasteiger partial charge on any atom is 0.254 e. The molecular formula is C17H22N6OS. The van der Waals surface area contributed by atoms with Gasteiger partial charge in [-0.05, 0) is 25.3 Å². The van der Waals surface area contributed by atoms with E-state index in [1.165, 1.54) is 11.2 Å². The molecule has 0 aliphatic carbocycles. The Labute approximate surface area is 150 Å². The minimum Gasteiger partial charge on any atom is -0.376 e. The normalized spacial score (nSPS) is 20.0. The van der Waals surface area contributed by atoms with E-state index in [1.54, 1.807) is 15.9 Å². The van der Waals surface area contributed by atoms with Crippen molar-refractivity contribution >= 4 is 22.9 Å². The number of ether oxygens (including phenoxy) is 1. The van der Waals surface area contributed by atoms with Gasteiger partial charge >= 0.3 is 0 Å². The molecule has 3 aromatic heterocycles. The molecule has 1 fully saturated rings. The van der Waals surface area contributed by atoms with Crippen molar-refractivity contribution in [2.24, 2.45) is 0 Å². The van der Waals surface area contributed by atoms with Gasteiger partial charge in [0.05, 0.1) is 18.8 Å². The SMILES string of the molecule is Cc1cc(NCC(c2cccs2)N2CCOC(C)C2)n2ncnc2n1. The summed E-state index contributed by atoms with van der Waals surface area (Å²) in [5, 5.41) is 9.97. The second kappa shape index (κ2) is 7.07. The van der Waals surface area contributed by atoms with Crippen molar-refractivity contribution < 1.29 is 4.74 Å². The van der Waals surface area contributed by atoms with Crippen LogP contribution in [0.5, 0.6) is 0 Å². The number of hydrogen-bond donors (Lipinski definition) is 1. The van der Waals surface area contributed by atoms with Crippen molar-refractivity contribution in [1.29, 1.82) is 0 Å². The molecule has 4 heterocycles. The Morgan fingerprint density at radius 1 is 1.48 bits per heavy atom. The first-order valence-corrected chi connectivity index (χ1v) is 9.39. The standard InChI is InChI=1S/C17H22N6OS/c1-12-8-16(23-17(21-12)19-11-20-23)18-9-14(15-4-3-7-25-15)22-5-6-24-13(2)10-22/h3-4,7-8,11,13-14,18H,5-6,9-10H2,1-2H3. The number of aromatic nitrogens is 4. The van der Waals surface area contributed by atoms with Crippen LogP contribution in [0.1, 0.15) is 23.5 Å². The van der Waals surface area contributed by atoms with Gasteiger partial charge in [-0.2, -0.15) is 14.6 Å². The smallest absolute Gasteiger partial charge is 0.254 e. The van der Waals surface area contributed by atoms with Gasteiger partial charge in [0.25, 0.3) is 5.78 Å². The lowest BCUT2D eigenvalue weighted by Gasteiger charge is -2.37. The third kappa shape index (κ3) is 3.51. The average molecular weight is 358 g/mol. The van der Waals surface area contributed by atoms with Crippen molar-refractivity contribution in [2.45, 2.75) is 26.0 Å². The van der Waals surface area contributed by atoms with E-state index in [4.69, 9.17) is 4.74 Å². The summed E-state index contributed by atoms with van der Waals surface area (Å²) in [6, 6.07) is 6.64. The van der Waals surface area contributed by atoms with Crippen LogP contribution in [-0.2, 0) is 4.74 Å². The van der Waals surface area contributed by atoms with Crippen molar-refractivity contribution in [1.82, 2.24) is 24.5 Å². The van der Waals surface area contributed by atoms with Gasteiger partial charge < -0.3 is 10.1 Å². The molecule has 2 atom stereocenters. The van der Waals surface area contributed by atoms with Gasteiger partial charge in [-0.15, -0.1) is 11.3 Å². The molecule has 3 aromatic rings. The molecule has 1 aliphatic rings. The second-order valence-electron chi connectivity index (χ2n) is 6.34. The van der Waals surface area contributed by atoms with Crippen LogP contribution in [-0.4, -0.2) is 56.8 Å². The summed E-state index contributed by atoms with van der Waals surface area (Å²) in [4.78, 5) is 12.5. The highest BCUT2D eigenvalue weighted by Gasteiger charge is 2.26. The van der Waals surface area contributed by atoms with Gasteiger partial charge in [0.2, 0.25) is 0 Å². The lowest BCUT2D eigenvalue weighted by atomic mass is 10.1. The number of hydrogen-bond acceptors (Lipinski definition) is 7. The summed E-state index contributed by atoms with van der Waals surface area (Å²) in [7, 11) is 0. The molecule has 132 valence electrons. The molecule has 4 rings (SSSR count). The predicted octanol–water partition coefficient (Wildman–Crippen LogP) is 2.37. The zero-order chi connectivity index (χ0) is 17.2. The minimum absolute atomic E-state index is 0.265. The van der Waals surface area contributed by atoms with Crippen molar-refractivity contribution in [2.75, 3.05) is 31.6 Å². The van der Waals surface area contributed by atoms with Gasteiger partial charge in [0.1, 0.15) is 12.1 Å². The summed E-state index contributed by atoms with van der Waals surface area (Å²) >= 11 is 1.80. The van der Waals surface area contributed by atoms with E-state index in [0.717, 1.165) is 37.8 Å². The molecule has 0 aromatic carbocycles. The molecule has 0 bridgehead atoms. The maximum atomic E-state index is 5.71. The molecule has 25 heavy (non-hydrogen) atoms. The molecule has 0 saturated carbocycles. The van der Waals surface area contributed by atoms with Crippen LogP contribution in [0.4, 0.5) is 5.82 Å². The van der Waals surface area contributed by atoms with E-state index in [1.807, 2.05) is 13.0 Å². The second-order valence-corrected chi connectivity index (χ2v) is 7.32. The number of nitrogens with zero attached hydrogens (tertiary/aromatic N) is 5. The van der Waals surface area contributed by atoms with Crippen LogP contribution in [0.2, 0.25) is 0 Å². The lowest BCUT2D eigenvalue weighted by molar-refractivity contribution is -0.0322. The first-order valence-electron chi connectivity index (χ1n) is 8.51. The van der Waals surface area contributed by atoms with Crippen LogP contribution in [0.3, 0.4) is 0 Å². The predicted molar refractivity (Wildman–Crippen MR) is 98.1 cm³/mol. The highest BCUT2D eigenvalue weighted by molar-refractivity contribution is 7.10. The Morgan fingerprint density at radius 2 is 2.40 bits per heavy atom. The highest BCUT2D eigenvalue weighted by Crippen LogP contribution is 2.27. The summed E-state index contributed by atoms with van der Waals surface area (Å²) < 4.78 is 7.46. The topological polar surface area (TPSA) is 67.6 Å². The van der Waals surface area contributed by atoms with E-state index >= 15 is 0 Å². The molecule has 0 amide bonds. The minimum atomic E-state index is 0.265. The largest absolute Gasteiger partial charge is 0.376 e. The fraction of sp³-hybridized carbons (Fsp3) is 0.471. The third-order valence-corrected chi connectivity index (χ3v) is 5.41. The van der Waals surface area contributed by atoms with Crippen LogP contribution in [0.25, 0.3) is 5.78 Å². The molecule has 7 nitrogen and oxygen atoms in total. The fourth-order valence-corrected chi connectivity index (χ4v) is 4.14. The Hall–Kier alpha value is -2.03. The fourth-order valence-electron chi connectivity index (χ4n) is 3.28. The molecule has 1 aliphatic heterocycles. The Bertz CT molecular complexity index is 833. The summed E-state index contributed by atoms with van der Waals surface area (Å²) in [5.74, 6) is 1.54. The zero-order valence-electron chi connectivity index (χ0n) is 14.4. The van der Waals surface area contributed by atoms with E-state index in [-0.39, 0.29) is 6.10 Å². The Morgan fingerprint density at radius 3 is 3.20 bits per heavy atom. The van der Waals surface area contributed by atoms with E-state index in [0.29, 0.717) is 11.8 Å². The Kier molecular flexibility index (Phi) is 4.65. The van der Waals surface area contributed by atoms with Gasteiger partial charge in [0, 0.05) is 36.3 Å². The molecule has 1 saturated heterocycles. The number of anilines is 1. The van der Waals surface area contributed by atoms with Crippen molar-refractivity contribution in [3.63, 3.8) is 0 Å². The van der Waals surface area contributed by atoms with Gasteiger partial charge in [0.15, 0.2) is 0 Å². The van der Waals surface area contributed by atoms with Crippen LogP contribution < -0.4 is 5.32 Å². The molecule has 1 N–H and O–H groups in total.